The highest BCUT2D eigenvalue weighted by atomic mass is 35.5. The number of H-pyrrole nitrogens is 1. The number of carbonyl (C=O) groups is 1. The maximum atomic E-state index is 12.8. The molecule has 1 unspecified atom stereocenters. The number of nitrogens with one attached hydrogen (secondary N) is 3. The number of aliphatic hydroxyl groups excluding tert-OH is 1. The SMILES string of the molecule is Cc1ccc(NC(=O)c2ccc(NCCO)c(Cl)c2)cc1OC(C)c1[nH]nc2ncnc(Cl)c12. The van der Waals surface area contributed by atoms with E-state index in [1.807, 2.05) is 19.9 Å². The fraction of sp³-hybridized carbons (Fsp3) is 0.217. The normalized spacial score (nSPS) is 11.9. The molecule has 11 heteroatoms. The highest BCUT2D eigenvalue weighted by Gasteiger charge is 2.19. The molecular formula is C23H22Cl2N6O3. The molecule has 1 amide bonds. The Labute approximate surface area is 205 Å². The second-order valence-corrected chi connectivity index (χ2v) is 8.31. The zero-order valence-corrected chi connectivity index (χ0v) is 19.9. The van der Waals surface area contributed by atoms with E-state index in [1.165, 1.54) is 6.33 Å². The van der Waals surface area contributed by atoms with E-state index in [0.717, 1.165) is 5.56 Å². The lowest BCUT2D eigenvalue weighted by molar-refractivity contribution is 0.102. The Morgan fingerprint density at radius 3 is 2.79 bits per heavy atom. The molecule has 2 aromatic carbocycles. The van der Waals surface area contributed by atoms with E-state index in [9.17, 15) is 4.79 Å². The fourth-order valence-corrected chi connectivity index (χ4v) is 3.86. The number of nitrogens with zero attached hydrogens (tertiary/aromatic N) is 3. The zero-order chi connectivity index (χ0) is 24.2. The molecule has 4 aromatic rings. The zero-order valence-electron chi connectivity index (χ0n) is 18.4. The van der Waals surface area contributed by atoms with E-state index < -0.39 is 6.10 Å². The van der Waals surface area contributed by atoms with Crippen molar-refractivity contribution >= 4 is 51.5 Å². The average molecular weight is 501 g/mol. The molecule has 0 fully saturated rings. The molecule has 1 atom stereocenters. The number of rotatable bonds is 8. The van der Waals surface area contributed by atoms with Crippen LogP contribution in [0.2, 0.25) is 10.2 Å². The molecule has 0 saturated heterocycles. The van der Waals surface area contributed by atoms with E-state index in [2.05, 4.69) is 30.8 Å². The molecule has 4 N–H and O–H groups in total. The number of hydrogen-bond acceptors (Lipinski definition) is 7. The first-order chi connectivity index (χ1) is 16.4. The van der Waals surface area contributed by atoms with Crippen LogP contribution in [0.15, 0.2) is 42.7 Å². The van der Waals surface area contributed by atoms with Gasteiger partial charge in [0.25, 0.3) is 5.91 Å². The van der Waals surface area contributed by atoms with Crippen molar-refractivity contribution in [3.05, 3.63) is 69.7 Å². The van der Waals surface area contributed by atoms with Crippen LogP contribution >= 0.6 is 23.2 Å². The molecule has 0 saturated carbocycles. The summed E-state index contributed by atoms with van der Waals surface area (Å²) in [5.41, 5.74) is 3.60. The van der Waals surface area contributed by atoms with Crippen LogP contribution < -0.4 is 15.4 Å². The second kappa shape index (κ2) is 10.3. The lowest BCUT2D eigenvalue weighted by Crippen LogP contribution is -2.13. The first kappa shape index (κ1) is 23.7. The molecular weight excluding hydrogens is 479 g/mol. The third-order valence-corrected chi connectivity index (χ3v) is 5.75. The standard InChI is InChI=1S/C23H22Cl2N6O3/c1-12-3-5-15(29-23(33)14-4-6-17(16(24)9-14)26-7-8-32)10-18(12)34-13(2)20-19-21(25)27-11-28-22(19)31-30-20/h3-6,9-11,13,26,32H,7-8H2,1-2H3,(H,29,33)(H,27,28,30,31). The van der Waals surface area contributed by atoms with Gasteiger partial charge in [-0.3, -0.25) is 9.89 Å². The second-order valence-electron chi connectivity index (χ2n) is 7.54. The van der Waals surface area contributed by atoms with Crippen molar-refractivity contribution in [3.63, 3.8) is 0 Å². The molecule has 0 spiro atoms. The summed E-state index contributed by atoms with van der Waals surface area (Å²) in [4.78, 5) is 20.9. The van der Waals surface area contributed by atoms with Crippen LogP contribution in [0, 0.1) is 6.92 Å². The number of halogens is 2. The predicted octanol–water partition coefficient (Wildman–Crippen LogP) is 4.76. The summed E-state index contributed by atoms with van der Waals surface area (Å²) in [6.07, 6.45) is 0.916. The lowest BCUT2D eigenvalue weighted by atomic mass is 10.1. The number of fused-ring (bicyclic) bond motifs is 1. The third kappa shape index (κ3) is 5.06. The van der Waals surface area contributed by atoms with Gasteiger partial charge in [0, 0.05) is 23.9 Å². The van der Waals surface area contributed by atoms with Gasteiger partial charge in [-0.15, -0.1) is 0 Å². The van der Waals surface area contributed by atoms with Crippen molar-refractivity contribution in [2.45, 2.75) is 20.0 Å². The molecule has 9 nitrogen and oxygen atoms in total. The molecule has 0 bridgehead atoms. The van der Waals surface area contributed by atoms with Crippen molar-refractivity contribution in [3.8, 4) is 5.75 Å². The Morgan fingerprint density at radius 1 is 1.21 bits per heavy atom. The highest BCUT2D eigenvalue weighted by Crippen LogP contribution is 2.32. The summed E-state index contributed by atoms with van der Waals surface area (Å²) in [5, 5.41) is 23.1. The monoisotopic (exact) mass is 500 g/mol. The van der Waals surface area contributed by atoms with Crippen molar-refractivity contribution in [2.75, 3.05) is 23.8 Å². The van der Waals surface area contributed by atoms with Crippen molar-refractivity contribution < 1.29 is 14.6 Å². The van der Waals surface area contributed by atoms with Crippen LogP contribution in [-0.4, -0.2) is 44.3 Å². The topological polar surface area (TPSA) is 125 Å². The van der Waals surface area contributed by atoms with Gasteiger partial charge in [-0.1, -0.05) is 29.3 Å². The summed E-state index contributed by atoms with van der Waals surface area (Å²) in [7, 11) is 0. The van der Waals surface area contributed by atoms with Gasteiger partial charge < -0.3 is 20.5 Å². The van der Waals surface area contributed by atoms with E-state index in [-0.39, 0.29) is 17.7 Å². The first-order valence-electron chi connectivity index (χ1n) is 10.4. The summed E-state index contributed by atoms with van der Waals surface area (Å²) >= 11 is 12.5. The molecule has 2 heterocycles. The summed E-state index contributed by atoms with van der Waals surface area (Å²) in [5.74, 6) is 0.268. The Balaban J connectivity index is 1.51. The highest BCUT2D eigenvalue weighted by molar-refractivity contribution is 6.34. The minimum absolute atomic E-state index is 0.0214. The van der Waals surface area contributed by atoms with Crippen LogP contribution in [-0.2, 0) is 0 Å². The molecule has 34 heavy (non-hydrogen) atoms. The van der Waals surface area contributed by atoms with E-state index in [4.69, 9.17) is 33.0 Å². The molecule has 2 aromatic heterocycles. The molecule has 0 radical (unpaired) electrons. The molecule has 4 rings (SSSR count). The lowest BCUT2D eigenvalue weighted by Gasteiger charge is -2.17. The van der Waals surface area contributed by atoms with Gasteiger partial charge in [-0.2, -0.15) is 5.10 Å². The summed E-state index contributed by atoms with van der Waals surface area (Å²) < 4.78 is 6.17. The van der Waals surface area contributed by atoms with Gasteiger partial charge in [0.15, 0.2) is 5.65 Å². The number of carbonyl (C=O) groups excluding carboxylic acids is 1. The number of amides is 1. The smallest absolute Gasteiger partial charge is 0.255 e. The molecule has 0 aliphatic rings. The van der Waals surface area contributed by atoms with Crippen LogP contribution in [0.3, 0.4) is 0 Å². The largest absolute Gasteiger partial charge is 0.484 e. The summed E-state index contributed by atoms with van der Waals surface area (Å²) in [6, 6.07) is 10.3. The minimum Gasteiger partial charge on any atom is -0.484 e. The number of hydrogen-bond donors (Lipinski definition) is 4. The number of ether oxygens (including phenoxy) is 1. The molecule has 0 aliphatic carbocycles. The predicted molar refractivity (Wildman–Crippen MR) is 132 cm³/mol. The number of anilines is 2. The van der Waals surface area contributed by atoms with Gasteiger partial charge in [-0.25, -0.2) is 9.97 Å². The Hall–Kier alpha value is -3.40. The maximum Gasteiger partial charge on any atom is 0.255 e. The quantitative estimate of drug-likeness (QED) is 0.257. The van der Waals surface area contributed by atoms with Gasteiger partial charge in [0.1, 0.15) is 23.3 Å². The number of aromatic amines is 1. The number of aliphatic hydroxyl groups is 1. The number of aryl methyl sites for hydroxylation is 1. The minimum atomic E-state index is -0.434. The summed E-state index contributed by atoms with van der Waals surface area (Å²) in [6.45, 7) is 4.11. The Morgan fingerprint density at radius 2 is 2.03 bits per heavy atom. The molecule has 0 aliphatic heterocycles. The molecule has 176 valence electrons. The van der Waals surface area contributed by atoms with Crippen molar-refractivity contribution in [1.82, 2.24) is 20.2 Å². The Bertz CT molecular complexity index is 1340. The fourth-order valence-electron chi connectivity index (χ4n) is 3.38. The Kier molecular flexibility index (Phi) is 7.16. The van der Waals surface area contributed by atoms with Crippen LogP contribution in [0.25, 0.3) is 11.0 Å². The van der Waals surface area contributed by atoms with Crippen molar-refractivity contribution in [1.29, 1.82) is 0 Å². The number of benzene rings is 2. The van der Waals surface area contributed by atoms with Gasteiger partial charge in [0.05, 0.1) is 28.4 Å². The van der Waals surface area contributed by atoms with Crippen molar-refractivity contribution in [2.24, 2.45) is 0 Å². The average Bonchev–Trinajstić information content (AvgIpc) is 3.26. The van der Waals surface area contributed by atoms with E-state index in [1.54, 1.807) is 30.3 Å². The van der Waals surface area contributed by atoms with E-state index in [0.29, 0.717) is 51.0 Å². The number of aromatic nitrogens is 4. The van der Waals surface area contributed by atoms with Crippen LogP contribution in [0.4, 0.5) is 11.4 Å². The van der Waals surface area contributed by atoms with Gasteiger partial charge in [0.2, 0.25) is 0 Å². The third-order valence-electron chi connectivity index (χ3n) is 5.15. The van der Waals surface area contributed by atoms with Gasteiger partial charge >= 0.3 is 0 Å². The van der Waals surface area contributed by atoms with Gasteiger partial charge in [-0.05, 0) is 43.7 Å². The first-order valence-corrected chi connectivity index (χ1v) is 11.2. The van der Waals surface area contributed by atoms with E-state index >= 15 is 0 Å². The van der Waals surface area contributed by atoms with Crippen LogP contribution in [0.5, 0.6) is 5.75 Å². The van der Waals surface area contributed by atoms with Crippen LogP contribution in [0.1, 0.15) is 34.6 Å². The maximum absolute atomic E-state index is 12.8.